The first-order chi connectivity index (χ1) is 14.1. The van der Waals surface area contributed by atoms with Crippen LogP contribution in [-0.2, 0) is 24.2 Å². The number of benzene rings is 2. The van der Waals surface area contributed by atoms with Crippen LogP contribution in [0.25, 0.3) is 11.4 Å². The summed E-state index contributed by atoms with van der Waals surface area (Å²) in [6, 6.07) is 13.9. The Hall–Kier alpha value is -3.15. The Balaban J connectivity index is 1.36. The largest absolute Gasteiger partial charge is 0.481 e. The van der Waals surface area contributed by atoms with Crippen molar-refractivity contribution in [2.45, 2.75) is 52.2 Å². The molecule has 0 aliphatic heterocycles. The Morgan fingerprint density at radius 1 is 1.17 bits per heavy atom. The van der Waals surface area contributed by atoms with E-state index in [1.807, 2.05) is 43.3 Å². The first-order valence-electron chi connectivity index (χ1n) is 10.1. The van der Waals surface area contributed by atoms with Crippen LogP contribution in [0.15, 0.2) is 47.0 Å². The van der Waals surface area contributed by atoms with Gasteiger partial charge >= 0.3 is 0 Å². The summed E-state index contributed by atoms with van der Waals surface area (Å²) in [4.78, 5) is 16.9. The van der Waals surface area contributed by atoms with Gasteiger partial charge in [-0.15, -0.1) is 0 Å². The molecule has 1 atom stereocenters. The first-order valence-corrected chi connectivity index (χ1v) is 10.1. The Morgan fingerprint density at radius 3 is 2.86 bits per heavy atom. The molecule has 0 saturated carbocycles. The van der Waals surface area contributed by atoms with Gasteiger partial charge in [0.2, 0.25) is 11.7 Å². The SMILES string of the molecule is Cc1ccccc1-c1noc(CNC(=O)[C@@H](C)Oc2cccc3c2CCCC3)n1. The normalized spacial score (nSPS) is 14.1. The van der Waals surface area contributed by atoms with Gasteiger partial charge in [-0.1, -0.05) is 41.6 Å². The number of aromatic nitrogens is 2. The number of ether oxygens (including phenoxy) is 1. The number of nitrogens with zero attached hydrogens (tertiary/aromatic N) is 2. The standard InChI is InChI=1S/C23H25N3O3/c1-15-8-3-5-11-18(15)22-25-21(29-26-22)14-24-23(27)16(2)28-20-13-7-10-17-9-4-6-12-19(17)20/h3,5,7-8,10-11,13,16H,4,6,9,12,14H2,1-2H3,(H,24,27)/t16-/m1/s1. The highest BCUT2D eigenvalue weighted by molar-refractivity contribution is 5.80. The summed E-state index contributed by atoms with van der Waals surface area (Å²) >= 11 is 0. The Bertz CT molecular complexity index is 1010. The van der Waals surface area contributed by atoms with Crippen molar-refractivity contribution in [1.29, 1.82) is 0 Å². The zero-order valence-electron chi connectivity index (χ0n) is 16.8. The maximum Gasteiger partial charge on any atom is 0.261 e. The molecule has 1 N–H and O–H groups in total. The van der Waals surface area contributed by atoms with E-state index in [0.29, 0.717) is 11.7 Å². The molecule has 1 heterocycles. The molecule has 4 rings (SSSR count). The monoisotopic (exact) mass is 391 g/mol. The van der Waals surface area contributed by atoms with Crippen LogP contribution in [0.1, 0.15) is 42.3 Å². The molecule has 29 heavy (non-hydrogen) atoms. The fourth-order valence-electron chi connectivity index (χ4n) is 3.67. The molecule has 0 radical (unpaired) electrons. The maximum atomic E-state index is 12.5. The fraction of sp³-hybridized carbons (Fsp3) is 0.348. The predicted molar refractivity (Wildman–Crippen MR) is 109 cm³/mol. The van der Waals surface area contributed by atoms with E-state index in [4.69, 9.17) is 9.26 Å². The second-order valence-corrected chi connectivity index (χ2v) is 7.41. The van der Waals surface area contributed by atoms with Crippen LogP contribution in [-0.4, -0.2) is 22.2 Å². The summed E-state index contributed by atoms with van der Waals surface area (Å²) in [6.07, 6.45) is 3.84. The molecule has 3 aromatic rings. The number of carbonyl (C=O) groups excluding carboxylic acids is 1. The zero-order chi connectivity index (χ0) is 20.2. The summed E-state index contributed by atoms with van der Waals surface area (Å²) in [5.41, 5.74) is 4.55. The first kappa shape index (κ1) is 19.2. The van der Waals surface area contributed by atoms with Crippen LogP contribution in [0, 0.1) is 6.92 Å². The molecule has 6 nitrogen and oxygen atoms in total. The van der Waals surface area contributed by atoms with Gasteiger partial charge in [0.15, 0.2) is 6.10 Å². The average Bonchev–Trinajstić information content (AvgIpc) is 3.21. The van der Waals surface area contributed by atoms with Crippen LogP contribution in [0.4, 0.5) is 0 Å². The van der Waals surface area contributed by atoms with Gasteiger partial charge < -0.3 is 14.6 Å². The molecule has 6 heteroatoms. The lowest BCUT2D eigenvalue weighted by molar-refractivity contribution is -0.127. The van der Waals surface area contributed by atoms with Crippen LogP contribution >= 0.6 is 0 Å². The van der Waals surface area contributed by atoms with Gasteiger partial charge in [-0.05, 0) is 62.3 Å². The molecule has 1 aliphatic rings. The van der Waals surface area contributed by atoms with E-state index in [1.54, 1.807) is 6.92 Å². The summed E-state index contributed by atoms with van der Waals surface area (Å²) in [5.74, 6) is 1.48. The van der Waals surface area contributed by atoms with Crippen molar-refractivity contribution in [1.82, 2.24) is 15.5 Å². The number of fused-ring (bicyclic) bond motifs is 1. The van der Waals surface area contributed by atoms with E-state index in [9.17, 15) is 4.79 Å². The van der Waals surface area contributed by atoms with E-state index in [-0.39, 0.29) is 12.5 Å². The second kappa shape index (κ2) is 8.47. The Morgan fingerprint density at radius 2 is 2.00 bits per heavy atom. The third-order valence-electron chi connectivity index (χ3n) is 5.29. The van der Waals surface area contributed by atoms with Crippen LogP contribution in [0.5, 0.6) is 5.75 Å². The lowest BCUT2D eigenvalue weighted by Gasteiger charge is -2.21. The van der Waals surface area contributed by atoms with Gasteiger partial charge in [0.1, 0.15) is 5.75 Å². The van der Waals surface area contributed by atoms with Crippen molar-refractivity contribution in [3.05, 3.63) is 65.0 Å². The number of carbonyl (C=O) groups is 1. The predicted octanol–water partition coefficient (Wildman–Crippen LogP) is 4.01. The number of hydrogen-bond acceptors (Lipinski definition) is 5. The van der Waals surface area contributed by atoms with Crippen molar-refractivity contribution in [3.63, 3.8) is 0 Å². The number of amides is 1. The third kappa shape index (κ3) is 4.31. The molecular formula is C23H25N3O3. The molecule has 1 aliphatic carbocycles. The summed E-state index contributed by atoms with van der Waals surface area (Å²) in [5, 5.41) is 6.84. The fourth-order valence-corrected chi connectivity index (χ4v) is 3.67. The minimum absolute atomic E-state index is 0.165. The van der Waals surface area contributed by atoms with Crippen LogP contribution in [0.3, 0.4) is 0 Å². The van der Waals surface area contributed by atoms with Gasteiger partial charge in [-0.2, -0.15) is 4.98 Å². The highest BCUT2D eigenvalue weighted by atomic mass is 16.5. The van der Waals surface area contributed by atoms with Crippen LogP contribution < -0.4 is 10.1 Å². The summed E-state index contributed by atoms with van der Waals surface area (Å²) in [6.45, 7) is 3.91. The van der Waals surface area contributed by atoms with Crippen LogP contribution in [0.2, 0.25) is 0 Å². The van der Waals surface area contributed by atoms with Crippen molar-refractivity contribution in [3.8, 4) is 17.1 Å². The van der Waals surface area contributed by atoms with E-state index in [1.165, 1.54) is 17.5 Å². The van der Waals surface area contributed by atoms with Gasteiger partial charge in [0.05, 0.1) is 6.54 Å². The summed E-state index contributed by atoms with van der Waals surface area (Å²) in [7, 11) is 0. The summed E-state index contributed by atoms with van der Waals surface area (Å²) < 4.78 is 11.3. The number of hydrogen-bond donors (Lipinski definition) is 1. The van der Waals surface area contributed by atoms with E-state index >= 15 is 0 Å². The van der Waals surface area contributed by atoms with Gasteiger partial charge in [-0.25, -0.2) is 0 Å². The van der Waals surface area contributed by atoms with Gasteiger partial charge in [0, 0.05) is 5.56 Å². The molecule has 0 spiro atoms. The maximum absolute atomic E-state index is 12.5. The minimum Gasteiger partial charge on any atom is -0.481 e. The molecular weight excluding hydrogens is 366 g/mol. The molecule has 0 unspecified atom stereocenters. The van der Waals surface area contributed by atoms with Crippen molar-refractivity contribution in [2.24, 2.45) is 0 Å². The van der Waals surface area contributed by atoms with E-state index in [2.05, 4.69) is 21.5 Å². The Labute approximate surface area is 170 Å². The second-order valence-electron chi connectivity index (χ2n) is 7.41. The van der Waals surface area contributed by atoms with Gasteiger partial charge in [-0.3, -0.25) is 4.79 Å². The highest BCUT2D eigenvalue weighted by Gasteiger charge is 2.20. The average molecular weight is 391 g/mol. The molecule has 0 saturated heterocycles. The molecule has 150 valence electrons. The minimum atomic E-state index is -0.609. The number of rotatable bonds is 6. The number of nitrogens with one attached hydrogen (secondary N) is 1. The van der Waals surface area contributed by atoms with Crippen molar-refractivity contribution >= 4 is 5.91 Å². The van der Waals surface area contributed by atoms with Crippen molar-refractivity contribution in [2.75, 3.05) is 0 Å². The van der Waals surface area contributed by atoms with E-state index in [0.717, 1.165) is 36.1 Å². The molecule has 1 amide bonds. The highest BCUT2D eigenvalue weighted by Crippen LogP contribution is 2.30. The molecule has 0 bridgehead atoms. The Kier molecular flexibility index (Phi) is 5.60. The van der Waals surface area contributed by atoms with Crippen molar-refractivity contribution < 1.29 is 14.1 Å². The lowest BCUT2D eigenvalue weighted by atomic mass is 9.91. The molecule has 0 fully saturated rings. The topological polar surface area (TPSA) is 77.2 Å². The van der Waals surface area contributed by atoms with Gasteiger partial charge in [0.25, 0.3) is 5.91 Å². The number of aryl methyl sites for hydroxylation is 2. The molecule has 2 aromatic carbocycles. The smallest absolute Gasteiger partial charge is 0.261 e. The molecule has 1 aromatic heterocycles. The lowest BCUT2D eigenvalue weighted by Crippen LogP contribution is -2.36. The quantitative estimate of drug-likeness (QED) is 0.687. The van der Waals surface area contributed by atoms with E-state index < -0.39 is 6.10 Å². The zero-order valence-corrected chi connectivity index (χ0v) is 16.8. The third-order valence-corrected chi connectivity index (χ3v) is 5.29.